The van der Waals surface area contributed by atoms with Crippen molar-refractivity contribution in [3.05, 3.63) is 28.8 Å². The van der Waals surface area contributed by atoms with Crippen LogP contribution in [0, 0.1) is 0 Å². The molecule has 1 heterocycles. The van der Waals surface area contributed by atoms with E-state index in [9.17, 15) is 0 Å². The van der Waals surface area contributed by atoms with Gasteiger partial charge < -0.3 is 5.73 Å². The molecule has 0 saturated carbocycles. The smallest absolute Gasteiger partial charge is 0.0471 e. The van der Waals surface area contributed by atoms with Crippen LogP contribution in [0.25, 0.3) is 0 Å². The molecular formula is C13H19ClN2. The summed E-state index contributed by atoms with van der Waals surface area (Å²) in [5.41, 5.74) is 7.61. The van der Waals surface area contributed by atoms with Crippen molar-refractivity contribution in [3.8, 4) is 0 Å². The minimum Gasteiger partial charge on any atom is -0.399 e. The Morgan fingerprint density at radius 1 is 1.44 bits per heavy atom. The van der Waals surface area contributed by atoms with Crippen molar-refractivity contribution in [2.45, 2.75) is 38.8 Å². The predicted octanol–water partition coefficient (Wildman–Crippen LogP) is 3.30. The SMILES string of the molecule is CC1CCCCN1Cc1ccc(N)cc1Cl. The van der Waals surface area contributed by atoms with Crippen LogP contribution in [0.3, 0.4) is 0 Å². The van der Waals surface area contributed by atoms with Gasteiger partial charge in [-0.25, -0.2) is 0 Å². The average Bonchev–Trinajstić information content (AvgIpc) is 2.25. The molecular weight excluding hydrogens is 220 g/mol. The Morgan fingerprint density at radius 3 is 2.94 bits per heavy atom. The first-order chi connectivity index (χ1) is 7.66. The Hall–Kier alpha value is -0.730. The van der Waals surface area contributed by atoms with Gasteiger partial charge in [-0.05, 0) is 44.0 Å². The number of nitrogen functional groups attached to an aromatic ring is 1. The second kappa shape index (κ2) is 5.07. The van der Waals surface area contributed by atoms with Gasteiger partial charge in [0.2, 0.25) is 0 Å². The first-order valence-electron chi connectivity index (χ1n) is 5.95. The maximum Gasteiger partial charge on any atom is 0.0471 e. The molecule has 2 nitrogen and oxygen atoms in total. The lowest BCUT2D eigenvalue weighted by molar-refractivity contribution is 0.152. The number of hydrogen-bond donors (Lipinski definition) is 1. The molecule has 2 rings (SSSR count). The van der Waals surface area contributed by atoms with Gasteiger partial charge in [-0.15, -0.1) is 0 Å². The van der Waals surface area contributed by atoms with Crippen molar-refractivity contribution in [1.29, 1.82) is 0 Å². The van der Waals surface area contributed by atoms with Crippen molar-refractivity contribution in [2.75, 3.05) is 12.3 Å². The summed E-state index contributed by atoms with van der Waals surface area (Å²) < 4.78 is 0. The Morgan fingerprint density at radius 2 is 2.25 bits per heavy atom. The molecule has 16 heavy (non-hydrogen) atoms. The van der Waals surface area contributed by atoms with E-state index in [0.29, 0.717) is 6.04 Å². The molecule has 88 valence electrons. The standard InChI is InChI=1S/C13H19ClN2/c1-10-4-2-3-7-16(10)9-11-5-6-12(15)8-13(11)14/h5-6,8,10H,2-4,7,9,15H2,1H3. The van der Waals surface area contributed by atoms with E-state index >= 15 is 0 Å². The molecule has 1 aromatic carbocycles. The number of hydrogen-bond acceptors (Lipinski definition) is 2. The quantitative estimate of drug-likeness (QED) is 0.802. The average molecular weight is 239 g/mol. The van der Waals surface area contributed by atoms with E-state index in [1.807, 2.05) is 18.2 Å². The topological polar surface area (TPSA) is 29.3 Å². The van der Waals surface area contributed by atoms with Crippen LogP contribution in [0.5, 0.6) is 0 Å². The molecule has 1 atom stereocenters. The van der Waals surface area contributed by atoms with E-state index in [0.717, 1.165) is 17.3 Å². The molecule has 1 saturated heterocycles. The van der Waals surface area contributed by atoms with Gasteiger partial charge in [-0.2, -0.15) is 0 Å². The summed E-state index contributed by atoms with van der Waals surface area (Å²) in [7, 11) is 0. The van der Waals surface area contributed by atoms with Gasteiger partial charge in [0.05, 0.1) is 0 Å². The fourth-order valence-electron chi connectivity index (χ4n) is 2.30. The number of nitrogens with zero attached hydrogens (tertiary/aromatic N) is 1. The van der Waals surface area contributed by atoms with Gasteiger partial charge >= 0.3 is 0 Å². The lowest BCUT2D eigenvalue weighted by Crippen LogP contribution is -2.36. The van der Waals surface area contributed by atoms with Crippen LogP contribution in [0.2, 0.25) is 5.02 Å². The monoisotopic (exact) mass is 238 g/mol. The first kappa shape index (κ1) is 11.7. The zero-order valence-electron chi connectivity index (χ0n) is 9.75. The van der Waals surface area contributed by atoms with E-state index in [1.165, 1.54) is 31.4 Å². The van der Waals surface area contributed by atoms with Crippen molar-refractivity contribution in [1.82, 2.24) is 4.90 Å². The van der Waals surface area contributed by atoms with Gasteiger partial charge in [0, 0.05) is 23.3 Å². The van der Waals surface area contributed by atoms with Crippen LogP contribution in [0.4, 0.5) is 5.69 Å². The van der Waals surface area contributed by atoms with Crippen LogP contribution in [0.15, 0.2) is 18.2 Å². The highest BCUT2D eigenvalue weighted by atomic mass is 35.5. The molecule has 1 aliphatic heterocycles. The minimum absolute atomic E-state index is 0.669. The molecule has 0 aliphatic carbocycles. The van der Waals surface area contributed by atoms with Crippen LogP contribution in [0.1, 0.15) is 31.7 Å². The van der Waals surface area contributed by atoms with Crippen molar-refractivity contribution in [2.24, 2.45) is 0 Å². The van der Waals surface area contributed by atoms with Crippen molar-refractivity contribution < 1.29 is 0 Å². The third-order valence-electron chi connectivity index (χ3n) is 3.39. The predicted molar refractivity (Wildman–Crippen MR) is 69.6 cm³/mol. The molecule has 2 N–H and O–H groups in total. The second-order valence-corrected chi connectivity index (χ2v) is 5.07. The van der Waals surface area contributed by atoms with E-state index in [4.69, 9.17) is 17.3 Å². The molecule has 1 fully saturated rings. The number of nitrogens with two attached hydrogens (primary N) is 1. The molecule has 0 radical (unpaired) electrons. The molecule has 0 spiro atoms. The fourth-order valence-corrected chi connectivity index (χ4v) is 2.55. The molecule has 1 aromatic rings. The zero-order chi connectivity index (χ0) is 11.5. The van der Waals surface area contributed by atoms with Crippen molar-refractivity contribution in [3.63, 3.8) is 0 Å². The number of likely N-dealkylation sites (tertiary alicyclic amines) is 1. The Kier molecular flexibility index (Phi) is 3.72. The summed E-state index contributed by atoms with van der Waals surface area (Å²) in [6.45, 7) is 4.42. The Labute approximate surface area is 102 Å². The van der Waals surface area contributed by atoms with Crippen LogP contribution in [-0.2, 0) is 6.54 Å². The highest BCUT2D eigenvalue weighted by Gasteiger charge is 2.18. The second-order valence-electron chi connectivity index (χ2n) is 4.67. The molecule has 1 unspecified atom stereocenters. The van der Waals surface area contributed by atoms with Crippen molar-refractivity contribution >= 4 is 17.3 Å². The number of piperidine rings is 1. The normalized spacial score (nSPS) is 22.2. The summed E-state index contributed by atoms with van der Waals surface area (Å²) in [4.78, 5) is 2.50. The van der Waals surface area contributed by atoms with E-state index in [-0.39, 0.29) is 0 Å². The molecule has 3 heteroatoms. The third-order valence-corrected chi connectivity index (χ3v) is 3.74. The number of anilines is 1. The Bertz CT molecular complexity index is 365. The Balaban J connectivity index is 2.07. The van der Waals surface area contributed by atoms with Gasteiger partial charge in [0.25, 0.3) is 0 Å². The number of benzene rings is 1. The third kappa shape index (κ3) is 2.69. The lowest BCUT2D eigenvalue weighted by Gasteiger charge is -2.33. The summed E-state index contributed by atoms with van der Waals surface area (Å²) in [6.07, 6.45) is 3.96. The maximum atomic E-state index is 6.19. The summed E-state index contributed by atoms with van der Waals surface area (Å²) in [5.74, 6) is 0. The first-order valence-corrected chi connectivity index (χ1v) is 6.32. The molecule has 0 amide bonds. The number of halogens is 1. The van der Waals surface area contributed by atoms with Gasteiger partial charge in [0.15, 0.2) is 0 Å². The van der Waals surface area contributed by atoms with E-state index < -0.39 is 0 Å². The lowest BCUT2D eigenvalue weighted by atomic mass is 10.0. The molecule has 0 aromatic heterocycles. The molecule has 1 aliphatic rings. The van der Waals surface area contributed by atoms with Gasteiger partial charge in [-0.1, -0.05) is 24.1 Å². The van der Waals surface area contributed by atoms with Gasteiger partial charge in [-0.3, -0.25) is 4.90 Å². The number of rotatable bonds is 2. The van der Waals surface area contributed by atoms with Crippen LogP contribution in [-0.4, -0.2) is 17.5 Å². The summed E-state index contributed by atoms with van der Waals surface area (Å²) >= 11 is 6.19. The van der Waals surface area contributed by atoms with Crippen LogP contribution >= 0.6 is 11.6 Å². The van der Waals surface area contributed by atoms with E-state index in [2.05, 4.69) is 11.8 Å². The largest absolute Gasteiger partial charge is 0.399 e. The highest BCUT2D eigenvalue weighted by molar-refractivity contribution is 6.31. The zero-order valence-corrected chi connectivity index (χ0v) is 10.5. The van der Waals surface area contributed by atoms with Crippen LogP contribution < -0.4 is 5.73 Å². The summed E-state index contributed by atoms with van der Waals surface area (Å²) in [6, 6.07) is 6.47. The molecule has 0 bridgehead atoms. The van der Waals surface area contributed by atoms with Gasteiger partial charge in [0.1, 0.15) is 0 Å². The fraction of sp³-hybridized carbons (Fsp3) is 0.538. The maximum absolute atomic E-state index is 6.19. The minimum atomic E-state index is 0.669. The summed E-state index contributed by atoms with van der Waals surface area (Å²) in [5, 5.41) is 0.790. The highest BCUT2D eigenvalue weighted by Crippen LogP contribution is 2.24. The van der Waals surface area contributed by atoms with E-state index in [1.54, 1.807) is 0 Å².